The first-order valence-corrected chi connectivity index (χ1v) is 11.7. The van der Waals surface area contributed by atoms with Gasteiger partial charge in [-0.2, -0.15) is 13.2 Å². The molecule has 1 aliphatic rings. The number of unbranched alkanes of at least 4 members (excludes halogenated alkanes) is 1. The molecule has 1 aromatic carbocycles. The highest BCUT2D eigenvalue weighted by Gasteiger charge is 2.43. The van der Waals surface area contributed by atoms with Crippen molar-refractivity contribution in [1.82, 2.24) is 5.32 Å². The summed E-state index contributed by atoms with van der Waals surface area (Å²) < 4.78 is 43.9. The normalized spacial score (nSPS) is 24.8. The Morgan fingerprint density at radius 2 is 2.00 bits per heavy atom. The topological polar surface area (TPSA) is 99.0 Å². The molecule has 1 aliphatic carbocycles. The van der Waals surface area contributed by atoms with Crippen molar-refractivity contribution in [3.63, 3.8) is 0 Å². The van der Waals surface area contributed by atoms with E-state index in [2.05, 4.69) is 5.32 Å². The maximum absolute atomic E-state index is 12.8. The quantitative estimate of drug-likeness (QED) is 0.266. The molecule has 1 saturated carbocycles. The van der Waals surface area contributed by atoms with Crippen LogP contribution in [0.3, 0.4) is 0 Å². The summed E-state index contributed by atoms with van der Waals surface area (Å²) in [6, 6.07) is 4.50. The van der Waals surface area contributed by atoms with E-state index in [-0.39, 0.29) is 48.9 Å². The van der Waals surface area contributed by atoms with Crippen molar-refractivity contribution >= 4 is 5.91 Å². The van der Waals surface area contributed by atoms with Gasteiger partial charge in [0, 0.05) is 13.5 Å². The van der Waals surface area contributed by atoms with Crippen LogP contribution in [0.25, 0.3) is 0 Å². The minimum Gasteiger partial charge on any atom is -0.491 e. The third kappa shape index (κ3) is 8.60. The second kappa shape index (κ2) is 13.1. The summed E-state index contributed by atoms with van der Waals surface area (Å²) in [5.74, 6) is -0.520. The Kier molecular flexibility index (Phi) is 10.9. The first kappa shape index (κ1) is 28.1. The van der Waals surface area contributed by atoms with Crippen molar-refractivity contribution in [2.45, 2.75) is 69.9 Å². The van der Waals surface area contributed by atoms with Gasteiger partial charge >= 0.3 is 6.18 Å². The third-order valence-electron chi connectivity index (χ3n) is 6.45. The lowest BCUT2D eigenvalue weighted by molar-refractivity contribution is -0.137. The van der Waals surface area contributed by atoms with Crippen molar-refractivity contribution in [2.24, 2.45) is 17.8 Å². The minimum atomic E-state index is -4.47. The number of ether oxygens (including phenoxy) is 1. The van der Waals surface area contributed by atoms with E-state index in [1.165, 1.54) is 12.1 Å². The molecule has 1 fully saturated rings. The van der Waals surface area contributed by atoms with Crippen molar-refractivity contribution < 1.29 is 38.0 Å². The molecular weight excluding hydrogens is 451 g/mol. The first-order valence-electron chi connectivity index (χ1n) is 11.7. The van der Waals surface area contributed by atoms with Crippen LogP contribution in [0.5, 0.6) is 5.75 Å². The van der Waals surface area contributed by atoms with E-state index in [0.717, 1.165) is 25.0 Å². The number of aliphatic hydroxyl groups excluding tert-OH is 3. The van der Waals surface area contributed by atoms with Crippen molar-refractivity contribution in [3.8, 4) is 5.75 Å². The highest BCUT2D eigenvalue weighted by Crippen LogP contribution is 2.41. The molecule has 0 aliphatic heterocycles. The van der Waals surface area contributed by atoms with Gasteiger partial charge in [0.05, 0.1) is 23.9 Å². The van der Waals surface area contributed by atoms with E-state index in [1.807, 2.05) is 19.1 Å². The molecule has 1 amide bonds. The SMILES string of the molecule is CNC(=O)CCCC=CCC1C(O)CC(O)C1C(C)CC(O)COc1cccc(C(F)(F)F)c1. The Morgan fingerprint density at radius 3 is 2.68 bits per heavy atom. The monoisotopic (exact) mass is 487 g/mol. The van der Waals surface area contributed by atoms with E-state index in [9.17, 15) is 33.3 Å². The molecule has 34 heavy (non-hydrogen) atoms. The Bertz CT molecular complexity index is 801. The first-order chi connectivity index (χ1) is 16.0. The van der Waals surface area contributed by atoms with Crippen LogP contribution in [0.15, 0.2) is 36.4 Å². The van der Waals surface area contributed by atoms with Crippen LogP contribution >= 0.6 is 0 Å². The lowest BCUT2D eigenvalue weighted by Crippen LogP contribution is -2.31. The molecule has 0 aromatic heterocycles. The molecule has 0 saturated heterocycles. The minimum absolute atomic E-state index is 0.00720. The maximum atomic E-state index is 12.8. The maximum Gasteiger partial charge on any atom is 0.416 e. The number of hydrogen-bond donors (Lipinski definition) is 4. The number of alkyl halides is 3. The van der Waals surface area contributed by atoms with Gasteiger partial charge in [0.15, 0.2) is 0 Å². The Hall–Kier alpha value is -2.10. The van der Waals surface area contributed by atoms with Crippen molar-refractivity contribution in [2.75, 3.05) is 13.7 Å². The van der Waals surface area contributed by atoms with Crippen LogP contribution in [0.1, 0.15) is 51.0 Å². The lowest BCUT2D eigenvalue weighted by Gasteiger charge is -2.30. The second-order valence-corrected chi connectivity index (χ2v) is 9.09. The Labute approximate surface area is 198 Å². The summed E-state index contributed by atoms with van der Waals surface area (Å²) >= 11 is 0. The summed E-state index contributed by atoms with van der Waals surface area (Å²) in [4.78, 5) is 11.2. The average Bonchev–Trinajstić information content (AvgIpc) is 3.06. The number of carbonyl (C=O) groups is 1. The fraction of sp³-hybridized carbons (Fsp3) is 0.640. The molecule has 0 radical (unpaired) electrons. The van der Waals surface area contributed by atoms with Crippen LogP contribution in [-0.2, 0) is 11.0 Å². The highest BCUT2D eigenvalue weighted by atomic mass is 19.4. The summed E-state index contributed by atoms with van der Waals surface area (Å²) in [5.41, 5.74) is -0.819. The van der Waals surface area contributed by atoms with Crippen LogP contribution in [0.2, 0.25) is 0 Å². The molecular formula is C25H36F3NO5. The van der Waals surface area contributed by atoms with Crippen LogP contribution in [0.4, 0.5) is 13.2 Å². The zero-order valence-corrected chi connectivity index (χ0v) is 19.7. The molecule has 6 atom stereocenters. The molecule has 4 N–H and O–H groups in total. The number of rotatable bonds is 12. The zero-order valence-electron chi connectivity index (χ0n) is 19.7. The van der Waals surface area contributed by atoms with E-state index in [4.69, 9.17) is 4.74 Å². The van der Waals surface area contributed by atoms with Crippen LogP contribution in [-0.4, -0.2) is 53.2 Å². The number of carbonyl (C=O) groups excluding carboxylic acids is 1. The van der Waals surface area contributed by atoms with E-state index in [0.29, 0.717) is 12.8 Å². The molecule has 6 unspecified atom stereocenters. The van der Waals surface area contributed by atoms with Gasteiger partial charge in [-0.1, -0.05) is 25.1 Å². The largest absolute Gasteiger partial charge is 0.491 e. The van der Waals surface area contributed by atoms with Gasteiger partial charge < -0.3 is 25.4 Å². The number of benzene rings is 1. The van der Waals surface area contributed by atoms with Crippen LogP contribution < -0.4 is 10.1 Å². The number of aliphatic hydroxyl groups is 3. The summed E-state index contributed by atoms with van der Waals surface area (Å²) in [6.07, 6.45) is 0.202. The number of amides is 1. The van der Waals surface area contributed by atoms with E-state index in [1.54, 1.807) is 7.05 Å². The number of hydrogen-bond acceptors (Lipinski definition) is 5. The van der Waals surface area contributed by atoms with Gasteiger partial charge in [-0.25, -0.2) is 0 Å². The van der Waals surface area contributed by atoms with E-state index < -0.39 is 30.1 Å². The molecule has 9 heteroatoms. The Morgan fingerprint density at radius 1 is 1.26 bits per heavy atom. The van der Waals surface area contributed by atoms with Gasteiger partial charge in [0.2, 0.25) is 5.91 Å². The predicted molar refractivity (Wildman–Crippen MR) is 122 cm³/mol. The highest BCUT2D eigenvalue weighted by molar-refractivity contribution is 5.75. The van der Waals surface area contributed by atoms with Crippen molar-refractivity contribution in [1.29, 1.82) is 0 Å². The zero-order chi connectivity index (χ0) is 25.3. The average molecular weight is 488 g/mol. The fourth-order valence-electron chi connectivity index (χ4n) is 4.72. The van der Waals surface area contributed by atoms with Gasteiger partial charge in [0.25, 0.3) is 0 Å². The standard InChI is InChI=1S/C25H36F3NO5/c1-16(12-18(30)15-34-19-9-7-8-17(13-19)25(26,27)28)24-20(21(31)14-22(24)32)10-5-3-4-6-11-23(33)29-2/h3,5,7-9,13,16,18,20-22,24,30-32H,4,6,10-12,14-15H2,1-2H3,(H,29,33). The molecule has 192 valence electrons. The molecule has 1 aromatic rings. The van der Waals surface area contributed by atoms with Crippen molar-refractivity contribution in [3.05, 3.63) is 42.0 Å². The predicted octanol–water partition coefficient (Wildman–Crippen LogP) is 3.69. The van der Waals surface area contributed by atoms with Crippen LogP contribution in [0, 0.1) is 17.8 Å². The second-order valence-electron chi connectivity index (χ2n) is 9.09. The van der Waals surface area contributed by atoms with Gasteiger partial charge in [-0.05, 0) is 68.1 Å². The Balaban J connectivity index is 1.86. The number of allylic oxidation sites excluding steroid dienone is 2. The lowest BCUT2D eigenvalue weighted by atomic mass is 9.79. The fourth-order valence-corrected chi connectivity index (χ4v) is 4.72. The van der Waals surface area contributed by atoms with Gasteiger partial charge in [-0.15, -0.1) is 0 Å². The smallest absolute Gasteiger partial charge is 0.416 e. The number of halogens is 3. The molecule has 6 nitrogen and oxygen atoms in total. The summed E-state index contributed by atoms with van der Waals surface area (Å²) in [5, 5.41) is 33.9. The summed E-state index contributed by atoms with van der Waals surface area (Å²) in [6.45, 7) is 1.71. The van der Waals surface area contributed by atoms with Gasteiger partial charge in [0.1, 0.15) is 12.4 Å². The molecule has 0 bridgehead atoms. The van der Waals surface area contributed by atoms with E-state index >= 15 is 0 Å². The number of nitrogens with one attached hydrogen (secondary N) is 1. The third-order valence-corrected chi connectivity index (χ3v) is 6.45. The molecule has 2 rings (SSSR count). The van der Waals surface area contributed by atoms with Gasteiger partial charge in [-0.3, -0.25) is 4.79 Å². The summed E-state index contributed by atoms with van der Waals surface area (Å²) in [7, 11) is 1.60. The molecule has 0 spiro atoms. The molecule has 0 heterocycles.